The van der Waals surface area contributed by atoms with Gasteiger partial charge in [0, 0.05) is 38.1 Å². The van der Waals surface area contributed by atoms with Crippen molar-refractivity contribution in [1.82, 2.24) is 9.88 Å². The fraction of sp³-hybridized carbons (Fsp3) is 0.615. The van der Waals surface area contributed by atoms with Gasteiger partial charge < -0.3 is 4.74 Å². The third-order valence-electron chi connectivity index (χ3n) is 3.22. The van der Waals surface area contributed by atoms with Gasteiger partial charge in [-0.05, 0) is 25.0 Å². The minimum Gasteiger partial charge on any atom is -0.380 e. The molecule has 1 unspecified atom stereocenters. The van der Waals surface area contributed by atoms with Crippen molar-refractivity contribution in [2.24, 2.45) is 0 Å². The topological polar surface area (TPSA) is 25.4 Å². The summed E-state index contributed by atoms with van der Waals surface area (Å²) in [5, 5.41) is 0. The van der Waals surface area contributed by atoms with Gasteiger partial charge in [-0.25, -0.2) is 0 Å². The van der Waals surface area contributed by atoms with Crippen LogP contribution in [-0.4, -0.2) is 35.7 Å². The van der Waals surface area contributed by atoms with E-state index < -0.39 is 11.7 Å². The molecule has 19 heavy (non-hydrogen) atoms. The lowest BCUT2D eigenvalue weighted by Crippen LogP contribution is -2.34. The number of pyridine rings is 1. The third-order valence-corrected chi connectivity index (χ3v) is 3.22. The summed E-state index contributed by atoms with van der Waals surface area (Å²) in [6, 6.07) is 1.38. The maximum Gasteiger partial charge on any atom is 0.417 e. The largest absolute Gasteiger partial charge is 0.417 e. The molecular weight excluding hydrogens is 257 g/mol. The van der Waals surface area contributed by atoms with E-state index in [4.69, 9.17) is 4.74 Å². The Balaban J connectivity index is 2.09. The molecular formula is C13H17F3N2O. The van der Waals surface area contributed by atoms with E-state index in [2.05, 4.69) is 9.88 Å². The molecule has 2 heterocycles. The van der Waals surface area contributed by atoms with Crippen LogP contribution in [-0.2, 0) is 17.5 Å². The molecule has 1 aliphatic heterocycles. The molecule has 1 saturated heterocycles. The van der Waals surface area contributed by atoms with Gasteiger partial charge >= 0.3 is 6.18 Å². The van der Waals surface area contributed by atoms with Crippen molar-refractivity contribution in [2.45, 2.75) is 32.1 Å². The average molecular weight is 274 g/mol. The van der Waals surface area contributed by atoms with Crippen molar-refractivity contribution in [3.05, 3.63) is 29.6 Å². The van der Waals surface area contributed by atoms with Crippen LogP contribution in [0.4, 0.5) is 13.2 Å². The first-order chi connectivity index (χ1) is 8.97. The van der Waals surface area contributed by atoms with Crippen molar-refractivity contribution in [1.29, 1.82) is 0 Å². The zero-order valence-electron chi connectivity index (χ0n) is 10.8. The average Bonchev–Trinajstić information content (AvgIpc) is 2.54. The zero-order valence-corrected chi connectivity index (χ0v) is 10.8. The van der Waals surface area contributed by atoms with E-state index in [0.29, 0.717) is 25.3 Å². The molecule has 0 spiro atoms. The monoisotopic (exact) mass is 274 g/mol. The van der Waals surface area contributed by atoms with Gasteiger partial charge in [-0.1, -0.05) is 0 Å². The van der Waals surface area contributed by atoms with Gasteiger partial charge in [0.1, 0.15) is 0 Å². The highest BCUT2D eigenvalue weighted by Gasteiger charge is 2.31. The number of rotatable bonds is 2. The second-order valence-corrected chi connectivity index (χ2v) is 4.83. The molecule has 0 bridgehead atoms. The molecule has 3 nitrogen and oxygen atoms in total. The lowest BCUT2D eigenvalue weighted by Gasteiger charge is -2.26. The molecule has 6 heteroatoms. The predicted octanol–water partition coefficient (Wildman–Crippen LogP) is 2.71. The Bertz CT molecular complexity index is 423. The molecule has 0 radical (unpaired) electrons. The molecule has 2 rings (SSSR count). The van der Waals surface area contributed by atoms with Gasteiger partial charge in [0.15, 0.2) is 0 Å². The van der Waals surface area contributed by atoms with Crippen LogP contribution in [0.2, 0.25) is 0 Å². The first-order valence-corrected chi connectivity index (χ1v) is 6.30. The zero-order chi connectivity index (χ0) is 13.9. The standard InChI is InChI=1S/C13H17F3N2O/c1-10-9-19-4-2-3-18(10)8-11-5-12(7-17-6-11)13(14,15)16/h5-7,10H,2-4,8-9H2,1H3. The molecule has 1 aliphatic rings. The fourth-order valence-electron chi connectivity index (χ4n) is 2.15. The molecule has 0 N–H and O–H groups in total. The van der Waals surface area contributed by atoms with Gasteiger partial charge in [0.2, 0.25) is 0 Å². The van der Waals surface area contributed by atoms with Crippen LogP contribution in [0.3, 0.4) is 0 Å². The Morgan fingerprint density at radius 3 is 2.95 bits per heavy atom. The van der Waals surface area contributed by atoms with Gasteiger partial charge in [0.05, 0.1) is 12.2 Å². The van der Waals surface area contributed by atoms with Crippen molar-refractivity contribution in [3.8, 4) is 0 Å². The third kappa shape index (κ3) is 3.91. The first-order valence-electron chi connectivity index (χ1n) is 6.30. The van der Waals surface area contributed by atoms with Crippen molar-refractivity contribution in [3.63, 3.8) is 0 Å². The molecule has 1 aromatic rings. The molecule has 0 saturated carbocycles. The number of alkyl halides is 3. The van der Waals surface area contributed by atoms with Crippen LogP contribution >= 0.6 is 0 Å². The Labute approximate surface area is 110 Å². The number of ether oxygens (including phenoxy) is 1. The van der Waals surface area contributed by atoms with E-state index in [-0.39, 0.29) is 6.04 Å². The second-order valence-electron chi connectivity index (χ2n) is 4.83. The molecule has 1 aromatic heterocycles. The Morgan fingerprint density at radius 1 is 1.42 bits per heavy atom. The fourth-order valence-corrected chi connectivity index (χ4v) is 2.15. The highest BCUT2D eigenvalue weighted by molar-refractivity contribution is 5.20. The normalized spacial score (nSPS) is 22.2. The van der Waals surface area contributed by atoms with E-state index in [1.807, 2.05) is 6.92 Å². The van der Waals surface area contributed by atoms with Crippen LogP contribution in [0, 0.1) is 0 Å². The van der Waals surface area contributed by atoms with E-state index in [9.17, 15) is 13.2 Å². The summed E-state index contributed by atoms with van der Waals surface area (Å²) in [7, 11) is 0. The summed E-state index contributed by atoms with van der Waals surface area (Å²) in [5.41, 5.74) is -0.104. The smallest absolute Gasteiger partial charge is 0.380 e. The minimum atomic E-state index is -4.34. The molecule has 0 aromatic carbocycles. The van der Waals surface area contributed by atoms with E-state index in [1.165, 1.54) is 12.3 Å². The quantitative estimate of drug-likeness (QED) is 0.829. The summed E-state index contributed by atoms with van der Waals surface area (Å²) in [6.07, 6.45) is -1.08. The van der Waals surface area contributed by atoms with Crippen LogP contribution in [0.1, 0.15) is 24.5 Å². The first kappa shape index (κ1) is 14.3. The van der Waals surface area contributed by atoms with Gasteiger partial charge in [-0.3, -0.25) is 9.88 Å². The van der Waals surface area contributed by atoms with E-state index in [0.717, 1.165) is 19.2 Å². The number of aromatic nitrogens is 1. The lowest BCUT2D eigenvalue weighted by atomic mass is 10.1. The van der Waals surface area contributed by atoms with Crippen LogP contribution in [0.5, 0.6) is 0 Å². The van der Waals surface area contributed by atoms with Crippen LogP contribution < -0.4 is 0 Å². The Morgan fingerprint density at radius 2 is 2.21 bits per heavy atom. The Kier molecular flexibility index (Phi) is 4.42. The lowest BCUT2D eigenvalue weighted by molar-refractivity contribution is -0.137. The number of hydrogen-bond acceptors (Lipinski definition) is 3. The van der Waals surface area contributed by atoms with E-state index in [1.54, 1.807) is 0 Å². The molecule has 0 amide bonds. The molecule has 0 aliphatic carbocycles. The molecule has 1 fully saturated rings. The minimum absolute atomic E-state index is 0.206. The van der Waals surface area contributed by atoms with Crippen molar-refractivity contribution in [2.75, 3.05) is 19.8 Å². The summed E-state index contributed by atoms with van der Waals surface area (Å²) in [5.74, 6) is 0. The van der Waals surface area contributed by atoms with Crippen LogP contribution in [0.15, 0.2) is 18.5 Å². The highest BCUT2D eigenvalue weighted by atomic mass is 19.4. The van der Waals surface area contributed by atoms with Gasteiger partial charge in [0.25, 0.3) is 0 Å². The number of hydrogen-bond donors (Lipinski definition) is 0. The summed E-state index contributed by atoms with van der Waals surface area (Å²) in [4.78, 5) is 5.82. The number of nitrogens with zero attached hydrogens (tertiary/aromatic N) is 2. The summed E-state index contributed by atoms with van der Waals surface area (Å²) in [6.45, 7) is 4.65. The van der Waals surface area contributed by atoms with E-state index >= 15 is 0 Å². The maximum atomic E-state index is 12.6. The maximum absolute atomic E-state index is 12.6. The van der Waals surface area contributed by atoms with Gasteiger partial charge in [-0.15, -0.1) is 0 Å². The highest BCUT2D eigenvalue weighted by Crippen LogP contribution is 2.29. The molecule has 106 valence electrons. The van der Waals surface area contributed by atoms with Crippen LogP contribution in [0.25, 0.3) is 0 Å². The Hall–Kier alpha value is -1.14. The number of halogens is 3. The van der Waals surface area contributed by atoms with Gasteiger partial charge in [-0.2, -0.15) is 13.2 Å². The summed E-state index contributed by atoms with van der Waals surface area (Å²) < 4.78 is 43.3. The SMILES string of the molecule is CC1COCCCN1Cc1cncc(C(F)(F)F)c1. The van der Waals surface area contributed by atoms with Crippen molar-refractivity contribution < 1.29 is 17.9 Å². The predicted molar refractivity (Wildman–Crippen MR) is 64.5 cm³/mol. The van der Waals surface area contributed by atoms with Crippen molar-refractivity contribution >= 4 is 0 Å². The second kappa shape index (κ2) is 5.88. The molecule has 1 atom stereocenters. The summed E-state index contributed by atoms with van der Waals surface area (Å²) >= 11 is 0.